The predicted octanol–water partition coefficient (Wildman–Crippen LogP) is 5.86. The van der Waals surface area contributed by atoms with E-state index >= 15 is 0 Å². The molecule has 4 heterocycles. The third-order valence-corrected chi connectivity index (χ3v) is 14.3. The number of carboxylic acids is 1. The van der Waals surface area contributed by atoms with Gasteiger partial charge in [0.05, 0.1) is 19.1 Å². The highest BCUT2D eigenvalue weighted by Gasteiger charge is 2.48. The van der Waals surface area contributed by atoms with E-state index in [2.05, 4.69) is 72.1 Å². The smallest absolute Gasteiger partial charge is 0.335 e. The first-order valence-electron chi connectivity index (χ1n) is 22.5. The van der Waals surface area contributed by atoms with Gasteiger partial charge in [-0.3, -0.25) is 39.1 Å². The first-order chi connectivity index (χ1) is 32.3. The van der Waals surface area contributed by atoms with Crippen LogP contribution in [0.1, 0.15) is 84.7 Å². The highest BCUT2D eigenvalue weighted by atomic mass is 127. The fraction of sp³-hybridized carbons (Fsp3) is 0.373. The topological polar surface area (TPSA) is 160 Å². The number of nitrogens with zero attached hydrogens (tertiary/aromatic N) is 5. The Kier molecular flexibility index (Phi) is 15.3. The Balaban J connectivity index is 0.000000177. The summed E-state index contributed by atoms with van der Waals surface area (Å²) in [6.07, 6.45) is 5.12. The van der Waals surface area contributed by atoms with Crippen LogP contribution in [0.2, 0.25) is 0 Å². The Bertz CT molecular complexity index is 2570. The number of hydrogen-bond acceptors (Lipinski definition) is 9. The molecular formula is C51H52I2N6O8. The highest BCUT2D eigenvalue weighted by molar-refractivity contribution is 14.1. The van der Waals surface area contributed by atoms with Gasteiger partial charge in [0, 0.05) is 107 Å². The molecule has 0 radical (unpaired) electrons. The number of carbonyl (C=O) groups is 6. The summed E-state index contributed by atoms with van der Waals surface area (Å²) in [5.41, 5.74) is 2.38. The SMILES string of the molecule is COc1ccc2c(c1)C(=O)N(C[C@@]1(C#Cc3ccc(C(=O)N4CCN(C5CC5)CC4)cc3)CC(=O)NC1=O)C2.O=C(O)c1ccc(I)cc1.O=C(c1ccc(I)cc1)N1CCN(C2CC2)CC1. The Labute approximate surface area is 417 Å². The van der Waals surface area contributed by atoms with Crippen LogP contribution in [0.4, 0.5) is 0 Å². The summed E-state index contributed by atoms with van der Waals surface area (Å²) in [5.74, 6) is 4.79. The predicted molar refractivity (Wildman–Crippen MR) is 268 cm³/mol. The number of hydrogen-bond donors (Lipinski definition) is 2. The first-order valence-corrected chi connectivity index (χ1v) is 24.7. The summed E-state index contributed by atoms with van der Waals surface area (Å²) in [7, 11) is 1.54. The van der Waals surface area contributed by atoms with Gasteiger partial charge in [-0.25, -0.2) is 4.79 Å². The normalized spacial score (nSPS) is 20.3. The second-order valence-corrected chi connectivity index (χ2v) is 20.1. The Morgan fingerprint density at radius 1 is 0.701 bits per heavy atom. The molecule has 4 aliphatic heterocycles. The zero-order valence-electron chi connectivity index (χ0n) is 37.2. The van der Waals surface area contributed by atoms with Crippen molar-refractivity contribution in [3.63, 3.8) is 0 Å². The van der Waals surface area contributed by atoms with Crippen LogP contribution in [0.15, 0.2) is 91.0 Å². The average Bonchev–Trinajstić information content (AvgIpc) is 4.30. The van der Waals surface area contributed by atoms with Crippen LogP contribution in [0, 0.1) is 24.4 Å². The lowest BCUT2D eigenvalue weighted by Gasteiger charge is -2.34. The number of piperazine rings is 2. The number of imide groups is 1. The fourth-order valence-electron chi connectivity index (χ4n) is 8.73. The second kappa shape index (κ2) is 21.3. The number of rotatable bonds is 8. The van der Waals surface area contributed by atoms with E-state index in [-0.39, 0.29) is 30.7 Å². The summed E-state index contributed by atoms with van der Waals surface area (Å²) in [4.78, 5) is 84.3. The molecule has 0 spiro atoms. The van der Waals surface area contributed by atoms with Crippen molar-refractivity contribution in [1.29, 1.82) is 0 Å². The lowest BCUT2D eigenvalue weighted by Crippen LogP contribution is -2.49. The van der Waals surface area contributed by atoms with Crippen molar-refractivity contribution < 1.29 is 38.6 Å². The number of halogens is 2. The van der Waals surface area contributed by atoms with Crippen molar-refractivity contribution in [2.45, 2.75) is 50.7 Å². The standard InChI is InChI=1S/C30H30N4O5.C14H17IN2O.C7H5IO2/c1-39-24-9-6-22-18-34(28(37)25(22)16-24)19-30(17-26(35)31-29(30)38)11-10-20-2-4-21(5-3-20)27(36)33-14-12-32(13-15-33)23-7-8-23;15-12-3-1-11(2-4-12)14(18)17-9-7-16(8-10-17)13-5-6-13;8-6-3-1-5(2-4-6)7(9)10/h2-6,9,16,23H,7-8,12-15,17-19H2,1H3,(H,31,35,38);1-4,13H,5-10H2;1-4H,(H,9,10)/t30-;;/m1../s1. The van der Waals surface area contributed by atoms with Gasteiger partial charge in [-0.2, -0.15) is 0 Å². The summed E-state index contributed by atoms with van der Waals surface area (Å²) in [6, 6.07) is 28.4. The van der Waals surface area contributed by atoms with Crippen LogP contribution in [0.3, 0.4) is 0 Å². The molecule has 2 N–H and O–H groups in total. The van der Waals surface area contributed by atoms with E-state index in [9.17, 15) is 28.8 Å². The minimum Gasteiger partial charge on any atom is -0.497 e. The van der Waals surface area contributed by atoms with E-state index in [1.165, 1.54) is 36.4 Å². The van der Waals surface area contributed by atoms with E-state index in [4.69, 9.17) is 9.84 Å². The molecule has 10 rings (SSSR count). The maximum Gasteiger partial charge on any atom is 0.335 e. The van der Waals surface area contributed by atoms with E-state index in [0.717, 1.165) is 73.1 Å². The molecule has 0 bridgehead atoms. The molecule has 2 saturated carbocycles. The Morgan fingerprint density at radius 3 is 1.64 bits per heavy atom. The molecule has 16 heteroatoms. The molecule has 4 aromatic rings. The molecule has 2 aliphatic carbocycles. The van der Waals surface area contributed by atoms with Gasteiger partial charge in [0.2, 0.25) is 11.8 Å². The molecule has 0 unspecified atom stereocenters. The lowest BCUT2D eigenvalue weighted by molar-refractivity contribution is -0.127. The van der Waals surface area contributed by atoms with Crippen LogP contribution in [0.25, 0.3) is 0 Å². The Hall–Kier alpha value is -5.36. The number of benzene rings is 4. The molecule has 14 nitrogen and oxygen atoms in total. The summed E-state index contributed by atoms with van der Waals surface area (Å²) >= 11 is 4.39. The first kappa shape index (κ1) is 48.1. The van der Waals surface area contributed by atoms with Crippen molar-refractivity contribution in [1.82, 2.24) is 29.8 Å². The van der Waals surface area contributed by atoms with Crippen molar-refractivity contribution in [2.24, 2.45) is 5.41 Å². The molecule has 0 aromatic heterocycles. The number of aromatic carboxylic acids is 1. The van der Waals surface area contributed by atoms with Crippen LogP contribution in [0.5, 0.6) is 5.75 Å². The van der Waals surface area contributed by atoms with Crippen molar-refractivity contribution in [3.05, 3.63) is 132 Å². The summed E-state index contributed by atoms with van der Waals surface area (Å²) in [5, 5.41) is 10.8. The molecule has 6 aliphatic rings. The number of methoxy groups -OCH3 is 1. The van der Waals surface area contributed by atoms with Gasteiger partial charge < -0.3 is 24.5 Å². The second-order valence-electron chi connectivity index (χ2n) is 17.6. The van der Waals surface area contributed by atoms with Gasteiger partial charge >= 0.3 is 5.97 Å². The average molecular weight is 1130 g/mol. The van der Waals surface area contributed by atoms with Crippen LogP contribution in [-0.4, -0.2) is 143 Å². The molecule has 5 fully saturated rings. The van der Waals surface area contributed by atoms with Gasteiger partial charge in [-0.1, -0.05) is 17.9 Å². The third kappa shape index (κ3) is 12.0. The van der Waals surface area contributed by atoms with Crippen LogP contribution >= 0.6 is 45.2 Å². The molecule has 348 valence electrons. The van der Waals surface area contributed by atoms with Crippen molar-refractivity contribution in [2.75, 3.05) is 66.0 Å². The van der Waals surface area contributed by atoms with Gasteiger partial charge in [0.1, 0.15) is 11.2 Å². The number of fused-ring (bicyclic) bond motifs is 1. The number of carbonyl (C=O) groups excluding carboxylic acids is 5. The number of amides is 5. The van der Waals surface area contributed by atoms with Crippen LogP contribution in [-0.2, 0) is 16.1 Å². The summed E-state index contributed by atoms with van der Waals surface area (Å²) < 4.78 is 7.45. The molecule has 5 amide bonds. The third-order valence-electron chi connectivity index (χ3n) is 12.9. The zero-order valence-corrected chi connectivity index (χ0v) is 41.5. The van der Waals surface area contributed by atoms with E-state index in [0.29, 0.717) is 40.6 Å². The largest absolute Gasteiger partial charge is 0.497 e. The van der Waals surface area contributed by atoms with Gasteiger partial charge in [0.15, 0.2) is 0 Å². The van der Waals surface area contributed by atoms with Crippen LogP contribution < -0.4 is 10.1 Å². The number of nitrogens with one attached hydrogen (secondary N) is 1. The Morgan fingerprint density at radius 2 is 1.19 bits per heavy atom. The summed E-state index contributed by atoms with van der Waals surface area (Å²) in [6.45, 7) is 7.46. The minimum absolute atomic E-state index is 0.00317. The highest BCUT2D eigenvalue weighted by Crippen LogP contribution is 2.34. The lowest BCUT2D eigenvalue weighted by atomic mass is 9.85. The molecule has 1 atom stereocenters. The van der Waals surface area contributed by atoms with Gasteiger partial charge in [0.25, 0.3) is 17.7 Å². The maximum absolute atomic E-state index is 13.1. The molecule has 67 heavy (non-hydrogen) atoms. The van der Waals surface area contributed by atoms with Crippen molar-refractivity contribution >= 4 is 80.7 Å². The number of carboxylic acid groups (broad SMARTS) is 1. The zero-order chi connectivity index (χ0) is 47.2. The quantitative estimate of drug-likeness (QED) is 0.125. The van der Waals surface area contributed by atoms with Crippen molar-refractivity contribution in [3.8, 4) is 17.6 Å². The number of ether oxygens (including phenoxy) is 1. The maximum atomic E-state index is 13.1. The minimum atomic E-state index is -1.35. The fourth-order valence-corrected chi connectivity index (χ4v) is 9.45. The van der Waals surface area contributed by atoms with Gasteiger partial charge in [-0.05, 0) is 161 Å². The van der Waals surface area contributed by atoms with E-state index in [1.54, 1.807) is 65.6 Å². The van der Waals surface area contributed by atoms with E-state index in [1.807, 2.05) is 40.1 Å². The van der Waals surface area contributed by atoms with E-state index < -0.39 is 23.2 Å². The molecule has 3 saturated heterocycles. The molecule has 4 aromatic carbocycles. The molecular weight excluding hydrogens is 1080 g/mol. The van der Waals surface area contributed by atoms with Gasteiger partial charge in [-0.15, -0.1) is 0 Å². The monoisotopic (exact) mass is 1130 g/mol.